The average molecular weight is 233 g/mol. The van der Waals surface area contributed by atoms with E-state index in [2.05, 4.69) is 0 Å². The molecule has 1 aromatic carbocycles. The fraction of sp³-hybridized carbons (Fsp3) is 0.385. The molecule has 0 N–H and O–H groups in total. The summed E-state index contributed by atoms with van der Waals surface area (Å²) in [6.07, 6.45) is 0. The summed E-state index contributed by atoms with van der Waals surface area (Å²) in [6.45, 7) is 4.67. The van der Waals surface area contributed by atoms with Crippen LogP contribution < -0.4 is 4.90 Å². The van der Waals surface area contributed by atoms with Gasteiger partial charge in [-0.3, -0.25) is 9.59 Å². The molecule has 0 bridgehead atoms. The molecule has 1 heterocycles. The van der Waals surface area contributed by atoms with Crippen molar-refractivity contribution >= 4 is 17.4 Å². The molecule has 4 heteroatoms. The summed E-state index contributed by atoms with van der Waals surface area (Å²) < 4.78 is 4.96. The number of hydrogen-bond acceptors (Lipinski definition) is 3. The van der Waals surface area contributed by atoms with Gasteiger partial charge in [0.25, 0.3) is 11.7 Å². The van der Waals surface area contributed by atoms with E-state index < -0.39 is 11.7 Å². The molecule has 4 nitrogen and oxygen atoms in total. The van der Waals surface area contributed by atoms with Crippen molar-refractivity contribution in [2.45, 2.75) is 13.8 Å². The maximum absolute atomic E-state index is 11.9. The lowest BCUT2D eigenvalue weighted by Crippen LogP contribution is -2.32. The first-order valence-electron chi connectivity index (χ1n) is 5.52. The average Bonchev–Trinajstić information content (AvgIpc) is 2.51. The molecule has 0 aliphatic carbocycles. The van der Waals surface area contributed by atoms with Crippen molar-refractivity contribution < 1.29 is 14.3 Å². The molecule has 0 spiro atoms. The molecule has 1 aliphatic rings. The first kappa shape index (κ1) is 11.8. The van der Waals surface area contributed by atoms with Gasteiger partial charge in [0, 0.05) is 13.7 Å². The lowest BCUT2D eigenvalue weighted by molar-refractivity contribution is -0.114. The van der Waals surface area contributed by atoms with Gasteiger partial charge in [0.05, 0.1) is 17.9 Å². The predicted molar refractivity (Wildman–Crippen MR) is 64.5 cm³/mol. The van der Waals surface area contributed by atoms with Crippen LogP contribution in [0.1, 0.15) is 21.5 Å². The van der Waals surface area contributed by atoms with Crippen LogP contribution in [-0.2, 0) is 9.53 Å². The van der Waals surface area contributed by atoms with Crippen molar-refractivity contribution in [3.8, 4) is 0 Å². The summed E-state index contributed by atoms with van der Waals surface area (Å²) in [7, 11) is 1.57. The molecule has 90 valence electrons. The van der Waals surface area contributed by atoms with Crippen LogP contribution in [0.4, 0.5) is 5.69 Å². The molecule has 2 rings (SSSR count). The summed E-state index contributed by atoms with van der Waals surface area (Å²) in [4.78, 5) is 25.2. The standard InChI is InChI=1S/C13H15NO3/c1-8-6-9(2)11-10(7-8)12(15)13(16)14(11)4-5-17-3/h6-7H,4-5H2,1-3H3. The van der Waals surface area contributed by atoms with Crippen molar-refractivity contribution in [1.82, 2.24) is 0 Å². The van der Waals surface area contributed by atoms with E-state index in [0.29, 0.717) is 18.7 Å². The highest BCUT2D eigenvalue weighted by Crippen LogP contribution is 2.33. The van der Waals surface area contributed by atoms with Crippen molar-refractivity contribution in [3.63, 3.8) is 0 Å². The van der Waals surface area contributed by atoms with E-state index in [9.17, 15) is 9.59 Å². The zero-order valence-electron chi connectivity index (χ0n) is 10.2. The number of aryl methyl sites for hydroxylation is 2. The summed E-state index contributed by atoms with van der Waals surface area (Å²) in [5.74, 6) is -0.867. The van der Waals surface area contributed by atoms with Crippen molar-refractivity contribution in [2.24, 2.45) is 0 Å². The normalized spacial score (nSPS) is 14.4. The van der Waals surface area contributed by atoms with Crippen molar-refractivity contribution in [2.75, 3.05) is 25.2 Å². The Morgan fingerprint density at radius 3 is 2.59 bits per heavy atom. The van der Waals surface area contributed by atoms with E-state index in [1.807, 2.05) is 19.9 Å². The van der Waals surface area contributed by atoms with E-state index in [4.69, 9.17) is 4.74 Å². The number of ketones is 1. The topological polar surface area (TPSA) is 46.6 Å². The third-order valence-corrected chi connectivity index (χ3v) is 2.92. The highest BCUT2D eigenvalue weighted by Gasteiger charge is 2.36. The van der Waals surface area contributed by atoms with Gasteiger partial charge in [0.2, 0.25) is 0 Å². The minimum absolute atomic E-state index is 0.414. The first-order chi connectivity index (χ1) is 8.06. The number of nitrogens with zero attached hydrogens (tertiary/aromatic N) is 1. The molecule has 0 unspecified atom stereocenters. The van der Waals surface area contributed by atoms with Gasteiger partial charge in [0.15, 0.2) is 0 Å². The molecule has 1 aliphatic heterocycles. The number of benzene rings is 1. The highest BCUT2D eigenvalue weighted by atomic mass is 16.5. The monoisotopic (exact) mass is 233 g/mol. The van der Waals surface area contributed by atoms with E-state index in [1.165, 1.54) is 4.90 Å². The van der Waals surface area contributed by atoms with Crippen molar-refractivity contribution in [3.05, 3.63) is 28.8 Å². The number of rotatable bonds is 3. The number of carbonyl (C=O) groups excluding carboxylic acids is 2. The fourth-order valence-corrected chi connectivity index (χ4v) is 2.23. The van der Waals surface area contributed by atoms with E-state index in [1.54, 1.807) is 13.2 Å². The minimum atomic E-state index is -0.453. The molecule has 0 atom stereocenters. The van der Waals surface area contributed by atoms with Gasteiger partial charge < -0.3 is 9.64 Å². The molecule has 17 heavy (non-hydrogen) atoms. The number of carbonyl (C=O) groups is 2. The van der Waals surface area contributed by atoms with Crippen LogP contribution >= 0.6 is 0 Å². The predicted octanol–water partition coefficient (Wildman–Crippen LogP) is 1.48. The Labute approximate surface area is 100 Å². The fourth-order valence-electron chi connectivity index (χ4n) is 2.23. The van der Waals surface area contributed by atoms with Gasteiger partial charge in [-0.25, -0.2) is 0 Å². The molecule has 0 aromatic heterocycles. The van der Waals surface area contributed by atoms with E-state index in [0.717, 1.165) is 16.8 Å². The summed E-state index contributed by atoms with van der Waals surface area (Å²) >= 11 is 0. The SMILES string of the molecule is COCCN1C(=O)C(=O)c2cc(C)cc(C)c21. The lowest BCUT2D eigenvalue weighted by Gasteiger charge is -2.18. The number of hydrogen-bond donors (Lipinski definition) is 0. The Balaban J connectivity index is 2.48. The Morgan fingerprint density at radius 1 is 1.24 bits per heavy atom. The molecule has 0 saturated heterocycles. The van der Waals surface area contributed by atoms with E-state index in [-0.39, 0.29) is 0 Å². The maximum Gasteiger partial charge on any atom is 0.299 e. The smallest absolute Gasteiger partial charge is 0.299 e. The van der Waals surface area contributed by atoms with Crippen LogP contribution in [0, 0.1) is 13.8 Å². The molecule has 0 saturated carbocycles. The number of anilines is 1. The second-order valence-electron chi connectivity index (χ2n) is 4.26. The van der Waals surface area contributed by atoms with Crippen LogP contribution in [0.15, 0.2) is 12.1 Å². The summed E-state index contributed by atoms with van der Waals surface area (Å²) in [5.41, 5.74) is 3.21. The number of methoxy groups -OCH3 is 1. The third kappa shape index (κ3) is 1.85. The number of amides is 1. The lowest BCUT2D eigenvalue weighted by atomic mass is 10.0. The molecule has 1 aromatic rings. The van der Waals surface area contributed by atoms with Crippen LogP contribution in [0.2, 0.25) is 0 Å². The zero-order valence-corrected chi connectivity index (χ0v) is 10.2. The molecule has 1 amide bonds. The second-order valence-corrected chi connectivity index (χ2v) is 4.26. The van der Waals surface area contributed by atoms with Crippen LogP contribution in [0.25, 0.3) is 0 Å². The summed E-state index contributed by atoms with van der Waals surface area (Å²) in [6, 6.07) is 3.75. The zero-order chi connectivity index (χ0) is 12.6. The second kappa shape index (κ2) is 4.30. The van der Waals surface area contributed by atoms with Gasteiger partial charge in [-0.1, -0.05) is 6.07 Å². The maximum atomic E-state index is 11.9. The van der Waals surface area contributed by atoms with Crippen LogP contribution in [0.5, 0.6) is 0 Å². The van der Waals surface area contributed by atoms with Gasteiger partial charge in [0.1, 0.15) is 0 Å². The number of Topliss-reactive ketones (excluding diaryl/α,β-unsaturated/α-hetero) is 1. The molecular weight excluding hydrogens is 218 g/mol. The number of ether oxygens (including phenoxy) is 1. The Kier molecular flexibility index (Phi) is 2.98. The van der Waals surface area contributed by atoms with Crippen LogP contribution in [-0.4, -0.2) is 32.0 Å². The largest absolute Gasteiger partial charge is 0.383 e. The minimum Gasteiger partial charge on any atom is -0.383 e. The van der Waals surface area contributed by atoms with E-state index >= 15 is 0 Å². The molecule has 0 radical (unpaired) electrons. The summed E-state index contributed by atoms with van der Waals surface area (Å²) in [5, 5.41) is 0. The Bertz CT molecular complexity index is 494. The van der Waals surface area contributed by atoms with Crippen molar-refractivity contribution in [1.29, 1.82) is 0 Å². The number of fused-ring (bicyclic) bond motifs is 1. The third-order valence-electron chi connectivity index (χ3n) is 2.92. The first-order valence-corrected chi connectivity index (χ1v) is 5.52. The van der Waals surface area contributed by atoms with Gasteiger partial charge in [-0.15, -0.1) is 0 Å². The van der Waals surface area contributed by atoms with Gasteiger partial charge in [-0.2, -0.15) is 0 Å². The van der Waals surface area contributed by atoms with Crippen LogP contribution in [0.3, 0.4) is 0 Å². The Hall–Kier alpha value is -1.68. The quantitative estimate of drug-likeness (QED) is 0.743. The Morgan fingerprint density at radius 2 is 1.94 bits per heavy atom. The highest BCUT2D eigenvalue weighted by molar-refractivity contribution is 6.52. The van der Waals surface area contributed by atoms with Gasteiger partial charge in [-0.05, 0) is 31.0 Å². The van der Waals surface area contributed by atoms with Gasteiger partial charge >= 0.3 is 0 Å². The molecule has 0 fully saturated rings. The molecular formula is C13H15NO3.